The first-order chi connectivity index (χ1) is 16.3. The summed E-state index contributed by atoms with van der Waals surface area (Å²) in [6, 6.07) is 2.61. The third-order valence-electron chi connectivity index (χ3n) is 6.40. The molecule has 0 radical (unpaired) electrons. The number of hydrogen-bond donors (Lipinski definition) is 2. The van der Waals surface area contributed by atoms with E-state index in [1.54, 1.807) is 4.90 Å². The fourth-order valence-corrected chi connectivity index (χ4v) is 4.57. The smallest absolute Gasteiger partial charge is 0.396 e. The van der Waals surface area contributed by atoms with Gasteiger partial charge >= 0.3 is 6.18 Å². The van der Waals surface area contributed by atoms with E-state index in [0.717, 1.165) is 48.6 Å². The Morgan fingerprint density at radius 2 is 2.06 bits per heavy atom. The molecular weight excluding hydrogens is 449 g/mol. The molecule has 2 aromatic heterocycles. The van der Waals surface area contributed by atoms with Crippen LogP contribution in [0.2, 0.25) is 0 Å². The zero-order valence-electron chi connectivity index (χ0n) is 19.1. The molecule has 2 aliphatic rings. The normalized spacial score (nSPS) is 19.9. The Balaban J connectivity index is 1.36. The maximum Gasteiger partial charge on any atom is 0.417 e. The molecule has 1 saturated heterocycles. The van der Waals surface area contributed by atoms with Crippen molar-refractivity contribution >= 4 is 17.3 Å². The summed E-state index contributed by atoms with van der Waals surface area (Å²) < 4.78 is 38.5. The van der Waals surface area contributed by atoms with E-state index in [9.17, 15) is 18.0 Å². The van der Waals surface area contributed by atoms with Crippen LogP contribution in [0, 0.1) is 0 Å². The van der Waals surface area contributed by atoms with Crippen molar-refractivity contribution in [2.45, 2.75) is 38.5 Å². The highest BCUT2D eigenvalue weighted by molar-refractivity contribution is 5.78. The van der Waals surface area contributed by atoms with E-state index in [-0.39, 0.29) is 25.0 Å². The number of aromatic amines is 1. The third-order valence-corrected chi connectivity index (χ3v) is 6.40. The highest BCUT2D eigenvalue weighted by Crippen LogP contribution is 2.30. The van der Waals surface area contributed by atoms with Crippen molar-refractivity contribution in [2.75, 3.05) is 44.2 Å². The molecule has 0 aromatic carbocycles. The minimum atomic E-state index is -4.39. The number of carbonyl (C=O) groups excluding carboxylic acids is 1. The van der Waals surface area contributed by atoms with Crippen LogP contribution in [0.3, 0.4) is 0 Å². The fourth-order valence-electron chi connectivity index (χ4n) is 4.57. The van der Waals surface area contributed by atoms with Gasteiger partial charge < -0.3 is 14.9 Å². The van der Waals surface area contributed by atoms with Gasteiger partial charge in [-0.1, -0.05) is 6.08 Å². The average Bonchev–Trinajstić information content (AvgIpc) is 3.27. The standard InChI is InChI=1S/C23H29F3N6O2/c1-16-14-30(9-10-32(16)20-3-2-19(13-27-20)23(24,25)26)15-18-12-28-29-22(18)17-4-7-31(8-5-17)21(34)6-11-33/h2-4,12-13,16,33H,5-11,14-15H2,1H3,(H,28,29)/t16-/m1/s1. The van der Waals surface area contributed by atoms with E-state index < -0.39 is 11.7 Å². The molecule has 4 heterocycles. The number of carbonyl (C=O) groups is 1. The lowest BCUT2D eigenvalue weighted by atomic mass is 10.0. The first-order valence-corrected chi connectivity index (χ1v) is 11.4. The molecule has 8 nitrogen and oxygen atoms in total. The van der Waals surface area contributed by atoms with Gasteiger partial charge in [-0.3, -0.25) is 14.8 Å². The van der Waals surface area contributed by atoms with Crippen molar-refractivity contribution in [3.05, 3.63) is 47.4 Å². The minimum Gasteiger partial charge on any atom is -0.396 e. The van der Waals surface area contributed by atoms with E-state index in [4.69, 9.17) is 5.11 Å². The second-order valence-electron chi connectivity index (χ2n) is 8.74. The minimum absolute atomic E-state index is 0.0444. The molecule has 34 heavy (non-hydrogen) atoms. The summed E-state index contributed by atoms with van der Waals surface area (Å²) in [7, 11) is 0. The number of halogens is 3. The Bertz CT molecular complexity index is 1020. The highest BCUT2D eigenvalue weighted by Gasteiger charge is 2.32. The summed E-state index contributed by atoms with van der Waals surface area (Å²) in [4.78, 5) is 22.1. The molecular formula is C23H29F3N6O2. The number of aromatic nitrogens is 3. The number of hydrogen-bond acceptors (Lipinski definition) is 6. The number of pyridine rings is 1. The second kappa shape index (κ2) is 10.1. The fraction of sp³-hybridized carbons (Fsp3) is 0.522. The van der Waals surface area contributed by atoms with Gasteiger partial charge in [-0.15, -0.1) is 0 Å². The van der Waals surface area contributed by atoms with Gasteiger partial charge in [0.15, 0.2) is 0 Å². The third kappa shape index (κ3) is 5.41. The van der Waals surface area contributed by atoms with Crippen molar-refractivity contribution in [2.24, 2.45) is 0 Å². The summed E-state index contributed by atoms with van der Waals surface area (Å²) in [5.41, 5.74) is 2.44. The maximum absolute atomic E-state index is 12.8. The molecule has 184 valence electrons. The number of aliphatic hydroxyl groups is 1. The molecule has 1 amide bonds. The highest BCUT2D eigenvalue weighted by atomic mass is 19.4. The zero-order chi connectivity index (χ0) is 24.3. The first-order valence-electron chi connectivity index (χ1n) is 11.4. The number of amides is 1. The summed E-state index contributed by atoms with van der Waals surface area (Å²) in [5, 5.41) is 16.3. The number of piperazine rings is 1. The van der Waals surface area contributed by atoms with Crippen LogP contribution in [0.1, 0.15) is 36.6 Å². The van der Waals surface area contributed by atoms with Gasteiger partial charge in [-0.2, -0.15) is 18.3 Å². The molecule has 0 bridgehead atoms. The number of alkyl halides is 3. The lowest BCUT2D eigenvalue weighted by Crippen LogP contribution is -2.51. The van der Waals surface area contributed by atoms with Gasteiger partial charge in [0, 0.05) is 63.5 Å². The van der Waals surface area contributed by atoms with Crippen LogP contribution < -0.4 is 4.90 Å². The van der Waals surface area contributed by atoms with Gasteiger partial charge in [0.2, 0.25) is 5.91 Å². The molecule has 2 aliphatic heterocycles. The molecule has 4 rings (SSSR count). The summed E-state index contributed by atoms with van der Waals surface area (Å²) >= 11 is 0. The van der Waals surface area contributed by atoms with Crippen molar-refractivity contribution in [1.82, 2.24) is 25.0 Å². The van der Waals surface area contributed by atoms with Crippen LogP contribution in [0.4, 0.5) is 19.0 Å². The van der Waals surface area contributed by atoms with Gasteiger partial charge in [0.1, 0.15) is 5.82 Å². The molecule has 2 aromatic rings. The van der Waals surface area contributed by atoms with Crippen LogP contribution in [0.15, 0.2) is 30.6 Å². The van der Waals surface area contributed by atoms with Crippen LogP contribution in [0.5, 0.6) is 0 Å². The monoisotopic (exact) mass is 478 g/mol. The Hall–Kier alpha value is -2.92. The molecule has 11 heteroatoms. The molecule has 0 spiro atoms. The van der Waals surface area contributed by atoms with Gasteiger partial charge in [-0.05, 0) is 31.1 Å². The molecule has 0 unspecified atom stereocenters. The molecule has 1 atom stereocenters. The predicted octanol–water partition coefficient (Wildman–Crippen LogP) is 2.53. The quantitative estimate of drug-likeness (QED) is 0.664. The number of anilines is 1. The van der Waals surface area contributed by atoms with E-state index in [1.807, 2.05) is 24.1 Å². The average molecular weight is 479 g/mol. The maximum atomic E-state index is 12.8. The Morgan fingerprint density at radius 1 is 1.24 bits per heavy atom. The SMILES string of the molecule is C[C@@H]1CN(Cc2cn[nH]c2C2=CCN(C(=O)CCO)CC2)CCN1c1ccc(C(F)(F)F)cn1. The number of H-pyrrole nitrogens is 1. The van der Waals surface area contributed by atoms with Crippen molar-refractivity contribution < 1.29 is 23.1 Å². The predicted molar refractivity (Wildman–Crippen MR) is 121 cm³/mol. The van der Waals surface area contributed by atoms with E-state index in [0.29, 0.717) is 32.0 Å². The van der Waals surface area contributed by atoms with Crippen LogP contribution in [-0.4, -0.2) is 81.4 Å². The van der Waals surface area contributed by atoms with Crippen molar-refractivity contribution in [3.63, 3.8) is 0 Å². The van der Waals surface area contributed by atoms with Crippen molar-refractivity contribution in [3.8, 4) is 0 Å². The Labute approximate surface area is 196 Å². The lowest BCUT2D eigenvalue weighted by Gasteiger charge is -2.40. The summed E-state index contributed by atoms with van der Waals surface area (Å²) in [5.74, 6) is 0.508. The summed E-state index contributed by atoms with van der Waals surface area (Å²) in [6.07, 6.45) is 1.23. The topological polar surface area (TPSA) is 88.6 Å². The number of aliphatic hydroxyl groups excluding tert-OH is 1. The number of nitrogens with zero attached hydrogens (tertiary/aromatic N) is 5. The Morgan fingerprint density at radius 3 is 2.68 bits per heavy atom. The zero-order valence-corrected chi connectivity index (χ0v) is 19.1. The number of nitrogens with one attached hydrogen (secondary N) is 1. The van der Waals surface area contributed by atoms with E-state index in [2.05, 4.69) is 20.1 Å². The molecule has 0 saturated carbocycles. The van der Waals surface area contributed by atoms with Crippen molar-refractivity contribution in [1.29, 1.82) is 0 Å². The largest absolute Gasteiger partial charge is 0.417 e. The molecule has 1 fully saturated rings. The van der Waals surface area contributed by atoms with E-state index in [1.165, 1.54) is 6.07 Å². The Kier molecular flexibility index (Phi) is 7.22. The molecule has 2 N–H and O–H groups in total. The lowest BCUT2D eigenvalue weighted by molar-refractivity contribution is -0.137. The summed E-state index contributed by atoms with van der Waals surface area (Å²) in [6.45, 7) is 5.89. The van der Waals surface area contributed by atoms with Gasteiger partial charge in [0.25, 0.3) is 0 Å². The number of rotatable bonds is 6. The van der Waals surface area contributed by atoms with Gasteiger partial charge in [0.05, 0.1) is 24.1 Å². The van der Waals surface area contributed by atoms with Crippen LogP contribution in [-0.2, 0) is 17.5 Å². The van der Waals surface area contributed by atoms with Gasteiger partial charge in [-0.25, -0.2) is 4.98 Å². The first kappa shape index (κ1) is 24.2. The van der Waals surface area contributed by atoms with Crippen LogP contribution in [0.25, 0.3) is 5.57 Å². The van der Waals surface area contributed by atoms with E-state index >= 15 is 0 Å². The molecule has 0 aliphatic carbocycles. The van der Waals surface area contributed by atoms with Crippen LogP contribution >= 0.6 is 0 Å². The second-order valence-corrected chi connectivity index (χ2v) is 8.74.